The van der Waals surface area contributed by atoms with Crippen molar-refractivity contribution in [3.63, 3.8) is 0 Å². The highest BCUT2D eigenvalue weighted by Gasteiger charge is 2.13. The van der Waals surface area contributed by atoms with E-state index in [1.54, 1.807) is 7.11 Å². The second kappa shape index (κ2) is 8.31. The molecule has 5 heteroatoms. The highest BCUT2D eigenvalue weighted by atomic mass is 16.5. The number of hydrogen-bond donors (Lipinski definition) is 1. The fourth-order valence-electron chi connectivity index (χ4n) is 3.05. The van der Waals surface area contributed by atoms with Gasteiger partial charge in [-0.05, 0) is 38.3 Å². The van der Waals surface area contributed by atoms with E-state index in [2.05, 4.69) is 22.4 Å². The smallest absolute Gasteiger partial charge is 0.145 e. The van der Waals surface area contributed by atoms with Crippen LogP contribution in [0.4, 0.5) is 5.69 Å². The van der Waals surface area contributed by atoms with Crippen molar-refractivity contribution in [2.75, 3.05) is 38.8 Å². The minimum absolute atomic E-state index is 0.368. The molecule has 0 aliphatic carbocycles. The van der Waals surface area contributed by atoms with Crippen molar-refractivity contribution in [3.8, 4) is 5.75 Å². The van der Waals surface area contributed by atoms with E-state index >= 15 is 0 Å². The number of para-hydroxylation sites is 1. The quantitative estimate of drug-likeness (QED) is 0.787. The molecule has 0 saturated carbocycles. The zero-order valence-electron chi connectivity index (χ0n) is 14.5. The number of rotatable bonds is 7. The second-order valence-corrected chi connectivity index (χ2v) is 6.13. The first kappa shape index (κ1) is 17.0. The fourth-order valence-corrected chi connectivity index (χ4v) is 3.05. The van der Waals surface area contributed by atoms with E-state index in [0.29, 0.717) is 6.10 Å². The van der Waals surface area contributed by atoms with E-state index in [1.807, 2.05) is 19.1 Å². The van der Waals surface area contributed by atoms with Gasteiger partial charge in [0.25, 0.3) is 0 Å². The zero-order chi connectivity index (χ0) is 16.8. The largest absolute Gasteiger partial charge is 0.494 e. The first-order chi connectivity index (χ1) is 11.8. The van der Waals surface area contributed by atoms with Gasteiger partial charge in [0.05, 0.1) is 13.2 Å². The Balaban J connectivity index is 1.57. The van der Waals surface area contributed by atoms with E-state index < -0.39 is 0 Å². The average molecular weight is 330 g/mol. The summed E-state index contributed by atoms with van der Waals surface area (Å²) in [6, 6.07) is 8.10. The molecule has 1 aromatic heterocycles. The number of aromatic nitrogens is 1. The molecule has 3 rings (SSSR count). The van der Waals surface area contributed by atoms with Gasteiger partial charge in [-0.1, -0.05) is 12.1 Å². The van der Waals surface area contributed by atoms with E-state index in [4.69, 9.17) is 14.2 Å². The molecule has 1 saturated heterocycles. The predicted molar refractivity (Wildman–Crippen MR) is 95.9 cm³/mol. The Bertz CT molecular complexity index is 669. The molecule has 0 unspecified atom stereocenters. The highest BCUT2D eigenvalue weighted by Crippen LogP contribution is 2.29. The van der Waals surface area contributed by atoms with Gasteiger partial charge in [-0.15, -0.1) is 0 Å². The Hall–Kier alpha value is -1.85. The van der Waals surface area contributed by atoms with Crippen LogP contribution in [-0.4, -0.2) is 44.6 Å². The van der Waals surface area contributed by atoms with Crippen LogP contribution in [-0.2, 0) is 9.47 Å². The van der Waals surface area contributed by atoms with Crippen LogP contribution in [0.3, 0.4) is 0 Å². The molecule has 0 bridgehead atoms. The monoisotopic (exact) mass is 330 g/mol. The lowest BCUT2D eigenvalue weighted by molar-refractivity contribution is -0.0316. The number of fused-ring (bicyclic) bond motifs is 1. The van der Waals surface area contributed by atoms with Gasteiger partial charge in [-0.2, -0.15) is 0 Å². The maximum Gasteiger partial charge on any atom is 0.145 e. The van der Waals surface area contributed by atoms with Crippen LogP contribution in [0.2, 0.25) is 0 Å². The van der Waals surface area contributed by atoms with Gasteiger partial charge in [0.1, 0.15) is 11.3 Å². The number of benzene rings is 1. The molecule has 1 aliphatic heterocycles. The molecule has 130 valence electrons. The lowest BCUT2D eigenvalue weighted by Crippen LogP contribution is -2.24. The number of nitrogens with one attached hydrogen (secondary N) is 1. The number of ether oxygens (including phenoxy) is 3. The minimum Gasteiger partial charge on any atom is -0.494 e. The second-order valence-electron chi connectivity index (χ2n) is 6.13. The van der Waals surface area contributed by atoms with Gasteiger partial charge >= 0.3 is 0 Å². The Morgan fingerprint density at radius 3 is 2.92 bits per heavy atom. The van der Waals surface area contributed by atoms with Crippen LogP contribution in [0.25, 0.3) is 10.9 Å². The molecule has 0 amide bonds. The molecule has 5 nitrogen and oxygen atoms in total. The third kappa shape index (κ3) is 4.16. The number of aryl methyl sites for hydroxylation is 1. The fraction of sp³-hybridized carbons (Fsp3) is 0.526. The highest BCUT2D eigenvalue weighted by molar-refractivity contribution is 5.95. The molecule has 0 atom stereocenters. The lowest BCUT2D eigenvalue weighted by atomic mass is 10.1. The average Bonchev–Trinajstić information content (AvgIpc) is 2.61. The summed E-state index contributed by atoms with van der Waals surface area (Å²) in [6.45, 7) is 5.31. The summed E-state index contributed by atoms with van der Waals surface area (Å²) in [7, 11) is 1.68. The van der Waals surface area contributed by atoms with Crippen LogP contribution < -0.4 is 10.1 Å². The molecule has 1 aromatic carbocycles. The van der Waals surface area contributed by atoms with E-state index in [0.717, 1.165) is 73.7 Å². The van der Waals surface area contributed by atoms with Crippen molar-refractivity contribution in [1.82, 2.24) is 4.98 Å². The summed E-state index contributed by atoms with van der Waals surface area (Å²) >= 11 is 0. The summed E-state index contributed by atoms with van der Waals surface area (Å²) in [4.78, 5) is 4.61. The number of methoxy groups -OCH3 is 1. The number of anilines is 1. The normalized spacial score (nSPS) is 15.6. The molecular formula is C19H26N2O3. The minimum atomic E-state index is 0.368. The van der Waals surface area contributed by atoms with Crippen molar-refractivity contribution in [1.29, 1.82) is 0 Å². The number of nitrogens with zero attached hydrogens (tertiary/aromatic N) is 1. The van der Waals surface area contributed by atoms with Gasteiger partial charge in [0, 0.05) is 43.1 Å². The summed E-state index contributed by atoms with van der Waals surface area (Å²) in [5, 5.41) is 4.61. The zero-order valence-corrected chi connectivity index (χ0v) is 14.5. The molecule has 1 N–H and O–H groups in total. The van der Waals surface area contributed by atoms with Gasteiger partial charge in [-0.3, -0.25) is 0 Å². The molecular weight excluding hydrogens is 304 g/mol. The molecule has 0 spiro atoms. The van der Waals surface area contributed by atoms with E-state index in [1.165, 1.54) is 0 Å². The van der Waals surface area contributed by atoms with E-state index in [9.17, 15) is 0 Å². The Morgan fingerprint density at radius 1 is 1.29 bits per heavy atom. The van der Waals surface area contributed by atoms with Crippen LogP contribution in [0.15, 0.2) is 24.3 Å². The maximum atomic E-state index is 5.92. The van der Waals surface area contributed by atoms with Gasteiger partial charge < -0.3 is 19.5 Å². The Morgan fingerprint density at radius 2 is 2.12 bits per heavy atom. The summed E-state index contributed by atoms with van der Waals surface area (Å²) < 4.78 is 16.7. The first-order valence-electron chi connectivity index (χ1n) is 8.65. The van der Waals surface area contributed by atoms with E-state index in [-0.39, 0.29) is 0 Å². The number of hydrogen-bond acceptors (Lipinski definition) is 5. The SMILES string of the molecule is COc1cccc2c(NCCCOC3CCOCC3)cc(C)nc12. The third-order valence-electron chi connectivity index (χ3n) is 4.31. The van der Waals surface area contributed by atoms with Crippen LogP contribution in [0, 0.1) is 6.92 Å². The first-order valence-corrected chi connectivity index (χ1v) is 8.65. The number of pyridine rings is 1. The third-order valence-corrected chi connectivity index (χ3v) is 4.31. The summed E-state index contributed by atoms with van der Waals surface area (Å²) in [5.74, 6) is 0.808. The molecule has 1 aliphatic rings. The van der Waals surface area contributed by atoms with Crippen LogP contribution in [0.5, 0.6) is 5.75 Å². The van der Waals surface area contributed by atoms with Gasteiger partial charge in [-0.25, -0.2) is 4.98 Å². The van der Waals surface area contributed by atoms with Crippen LogP contribution in [0.1, 0.15) is 25.0 Å². The molecule has 0 radical (unpaired) electrons. The molecule has 24 heavy (non-hydrogen) atoms. The maximum absolute atomic E-state index is 5.92. The van der Waals surface area contributed by atoms with Crippen molar-refractivity contribution >= 4 is 16.6 Å². The molecule has 1 fully saturated rings. The predicted octanol–water partition coefficient (Wildman–Crippen LogP) is 3.55. The van der Waals surface area contributed by atoms with Crippen molar-refractivity contribution in [2.24, 2.45) is 0 Å². The van der Waals surface area contributed by atoms with Crippen molar-refractivity contribution in [3.05, 3.63) is 30.0 Å². The van der Waals surface area contributed by atoms with Crippen LogP contribution >= 0.6 is 0 Å². The summed E-state index contributed by atoms with van der Waals surface area (Å²) in [6.07, 6.45) is 3.37. The Kier molecular flexibility index (Phi) is 5.88. The van der Waals surface area contributed by atoms with Crippen molar-refractivity contribution in [2.45, 2.75) is 32.3 Å². The Labute approximate surface area is 143 Å². The summed E-state index contributed by atoms with van der Waals surface area (Å²) in [5.41, 5.74) is 2.98. The molecule has 2 heterocycles. The van der Waals surface area contributed by atoms with Crippen molar-refractivity contribution < 1.29 is 14.2 Å². The standard InChI is InChI=1S/C19H26N2O3/c1-14-13-17(16-5-3-6-18(22-2)19(16)21-14)20-9-4-10-24-15-7-11-23-12-8-15/h3,5-6,13,15H,4,7-12H2,1-2H3,(H,20,21). The topological polar surface area (TPSA) is 52.6 Å². The molecule has 2 aromatic rings. The van der Waals surface area contributed by atoms with Gasteiger partial charge in [0.15, 0.2) is 0 Å². The van der Waals surface area contributed by atoms with Gasteiger partial charge in [0.2, 0.25) is 0 Å². The lowest BCUT2D eigenvalue weighted by Gasteiger charge is -2.22.